The van der Waals surface area contributed by atoms with Crippen molar-refractivity contribution in [2.45, 2.75) is 17.4 Å². The molecule has 0 spiro atoms. The maximum Gasteiger partial charge on any atom is 0.322 e. The fourth-order valence-electron chi connectivity index (χ4n) is 4.51. The second-order valence-electron chi connectivity index (χ2n) is 7.99. The van der Waals surface area contributed by atoms with Gasteiger partial charge in [0.15, 0.2) is 0 Å². The molecule has 3 aromatic carbocycles. The van der Waals surface area contributed by atoms with Crippen LogP contribution in [0.25, 0.3) is 10.9 Å². The number of methoxy groups -OCH3 is 1. The van der Waals surface area contributed by atoms with Crippen LogP contribution in [0.2, 0.25) is 5.02 Å². The first-order valence-corrected chi connectivity index (χ1v) is 12.3. The molecule has 1 aliphatic heterocycles. The number of amides is 2. The second-order valence-corrected chi connectivity index (χ2v) is 9.30. The summed E-state index contributed by atoms with van der Waals surface area (Å²) in [4.78, 5) is 20.1. The highest BCUT2D eigenvalue weighted by molar-refractivity contribution is 7.98. The highest BCUT2D eigenvalue weighted by Gasteiger charge is 2.34. The number of hydrogen-bond donors (Lipinski definition) is 2. The monoisotopic (exact) mass is 477 g/mol. The van der Waals surface area contributed by atoms with Crippen LogP contribution >= 0.6 is 23.4 Å². The number of carbonyl (C=O) groups excluding carboxylic acids is 1. The minimum atomic E-state index is -0.255. The SMILES string of the molecule is COc1ccc([C@H]2c3[nH]c4ccc(Cl)cc4c3CCN2C(=O)Nc2cccc(SC)c2)cc1. The lowest BCUT2D eigenvalue weighted by molar-refractivity contribution is 0.193. The fraction of sp³-hybridized carbons (Fsp3) is 0.192. The lowest BCUT2D eigenvalue weighted by atomic mass is 9.92. The Morgan fingerprint density at radius 2 is 1.97 bits per heavy atom. The average molecular weight is 478 g/mol. The van der Waals surface area contributed by atoms with Crippen molar-refractivity contribution in [3.8, 4) is 5.75 Å². The van der Waals surface area contributed by atoms with Gasteiger partial charge in [-0.1, -0.05) is 29.8 Å². The Morgan fingerprint density at radius 3 is 2.73 bits per heavy atom. The smallest absolute Gasteiger partial charge is 0.322 e. The Labute approximate surface area is 202 Å². The molecule has 0 bridgehead atoms. The van der Waals surface area contributed by atoms with Crippen molar-refractivity contribution in [2.24, 2.45) is 0 Å². The Kier molecular flexibility index (Phi) is 5.96. The van der Waals surface area contributed by atoms with E-state index in [9.17, 15) is 4.79 Å². The predicted octanol–water partition coefficient (Wildman–Crippen LogP) is 6.73. The summed E-state index contributed by atoms with van der Waals surface area (Å²) in [6, 6.07) is 21.3. The molecule has 4 aromatic rings. The Morgan fingerprint density at radius 1 is 1.15 bits per heavy atom. The minimum Gasteiger partial charge on any atom is -0.497 e. The van der Waals surface area contributed by atoms with Gasteiger partial charge >= 0.3 is 6.03 Å². The minimum absolute atomic E-state index is 0.128. The Balaban J connectivity index is 1.56. The molecule has 0 aliphatic carbocycles. The van der Waals surface area contributed by atoms with Crippen molar-refractivity contribution in [1.29, 1.82) is 0 Å². The van der Waals surface area contributed by atoms with E-state index in [1.54, 1.807) is 18.9 Å². The number of nitrogens with zero attached hydrogens (tertiary/aromatic N) is 1. The molecule has 5 rings (SSSR count). The fourth-order valence-corrected chi connectivity index (χ4v) is 5.14. The number of nitrogens with one attached hydrogen (secondary N) is 2. The lowest BCUT2D eigenvalue weighted by Gasteiger charge is -2.36. The first kappa shape index (κ1) is 21.7. The number of halogens is 1. The number of ether oxygens (including phenoxy) is 1. The van der Waals surface area contributed by atoms with E-state index in [4.69, 9.17) is 16.3 Å². The molecule has 7 heteroatoms. The second kappa shape index (κ2) is 9.04. The van der Waals surface area contributed by atoms with Crippen molar-refractivity contribution < 1.29 is 9.53 Å². The Bertz CT molecular complexity index is 1320. The third-order valence-electron chi connectivity index (χ3n) is 6.10. The Hall–Kier alpha value is -3.09. The van der Waals surface area contributed by atoms with E-state index in [0.717, 1.165) is 44.9 Å². The van der Waals surface area contributed by atoms with Crippen LogP contribution in [0.5, 0.6) is 5.75 Å². The van der Waals surface area contributed by atoms with Gasteiger partial charge in [0.25, 0.3) is 0 Å². The third-order valence-corrected chi connectivity index (χ3v) is 7.06. The van der Waals surface area contributed by atoms with E-state index in [1.807, 2.05) is 77.9 Å². The van der Waals surface area contributed by atoms with Crippen molar-refractivity contribution in [3.05, 3.63) is 88.6 Å². The number of rotatable bonds is 4. The molecule has 1 atom stereocenters. The molecule has 2 N–H and O–H groups in total. The summed E-state index contributed by atoms with van der Waals surface area (Å²) >= 11 is 7.94. The highest BCUT2D eigenvalue weighted by Crippen LogP contribution is 2.39. The van der Waals surface area contributed by atoms with Gasteiger partial charge in [0.1, 0.15) is 5.75 Å². The topological polar surface area (TPSA) is 57.4 Å². The van der Waals surface area contributed by atoms with Gasteiger partial charge in [-0.3, -0.25) is 0 Å². The van der Waals surface area contributed by atoms with Crippen LogP contribution in [-0.4, -0.2) is 35.8 Å². The first-order valence-electron chi connectivity index (χ1n) is 10.7. The predicted molar refractivity (Wildman–Crippen MR) is 136 cm³/mol. The average Bonchev–Trinajstić information content (AvgIpc) is 3.21. The van der Waals surface area contributed by atoms with E-state index >= 15 is 0 Å². The molecule has 33 heavy (non-hydrogen) atoms. The normalized spacial score (nSPS) is 15.4. The molecule has 1 aromatic heterocycles. The van der Waals surface area contributed by atoms with Crippen LogP contribution in [0, 0.1) is 0 Å². The molecule has 2 heterocycles. The van der Waals surface area contributed by atoms with E-state index < -0.39 is 0 Å². The van der Waals surface area contributed by atoms with Crippen molar-refractivity contribution in [1.82, 2.24) is 9.88 Å². The maximum atomic E-state index is 13.5. The summed E-state index contributed by atoms with van der Waals surface area (Å²) in [6.45, 7) is 0.594. The van der Waals surface area contributed by atoms with E-state index in [2.05, 4.69) is 10.3 Å². The molecule has 0 radical (unpaired) electrons. The lowest BCUT2D eigenvalue weighted by Crippen LogP contribution is -2.43. The molecule has 0 fully saturated rings. The highest BCUT2D eigenvalue weighted by atomic mass is 35.5. The van der Waals surface area contributed by atoms with Crippen molar-refractivity contribution in [3.63, 3.8) is 0 Å². The molecule has 168 valence electrons. The van der Waals surface area contributed by atoms with E-state index in [1.165, 1.54) is 5.56 Å². The summed E-state index contributed by atoms with van der Waals surface area (Å²) in [5.74, 6) is 0.781. The molecule has 2 amide bonds. The molecular formula is C26H24ClN3O2S. The van der Waals surface area contributed by atoms with Crippen LogP contribution in [0.15, 0.2) is 71.6 Å². The number of benzene rings is 3. The maximum absolute atomic E-state index is 13.5. The summed E-state index contributed by atoms with van der Waals surface area (Å²) in [5, 5.41) is 4.92. The zero-order valence-electron chi connectivity index (χ0n) is 18.4. The van der Waals surface area contributed by atoms with Gasteiger partial charge in [0.2, 0.25) is 0 Å². The van der Waals surface area contributed by atoms with E-state index in [0.29, 0.717) is 11.6 Å². The zero-order chi connectivity index (χ0) is 22.9. The molecule has 0 unspecified atom stereocenters. The van der Waals surface area contributed by atoms with Gasteiger partial charge in [-0.25, -0.2) is 4.79 Å². The number of carbonyl (C=O) groups is 1. The number of aromatic amines is 1. The number of hydrogen-bond acceptors (Lipinski definition) is 3. The van der Waals surface area contributed by atoms with Crippen LogP contribution in [0.3, 0.4) is 0 Å². The summed E-state index contributed by atoms with van der Waals surface area (Å²) in [5.41, 5.74) is 5.06. The number of aromatic nitrogens is 1. The van der Waals surface area contributed by atoms with Gasteiger partial charge in [-0.05, 0) is 72.3 Å². The van der Waals surface area contributed by atoms with Gasteiger partial charge < -0.3 is 19.9 Å². The van der Waals surface area contributed by atoms with Gasteiger partial charge in [0.05, 0.1) is 13.2 Å². The standard InChI is InChI=1S/C26H24ClN3O2S/c1-32-19-9-6-16(7-10-19)25-24-21(22-14-17(27)8-11-23(22)29-24)12-13-30(25)26(31)28-18-4-3-5-20(15-18)33-2/h3-11,14-15,25,29H,12-13H2,1-2H3,(H,28,31)/t25-/m0/s1. The largest absolute Gasteiger partial charge is 0.497 e. The van der Waals surface area contributed by atoms with Crippen LogP contribution in [-0.2, 0) is 6.42 Å². The van der Waals surface area contributed by atoms with Gasteiger partial charge in [-0.15, -0.1) is 11.8 Å². The molecule has 0 saturated heterocycles. The number of fused-ring (bicyclic) bond motifs is 3. The van der Waals surface area contributed by atoms with Gasteiger partial charge in [-0.2, -0.15) is 0 Å². The first-order chi connectivity index (χ1) is 16.1. The number of H-pyrrole nitrogens is 1. The molecule has 1 aliphatic rings. The molecular weight excluding hydrogens is 454 g/mol. The molecule has 5 nitrogen and oxygen atoms in total. The molecule has 0 saturated carbocycles. The van der Waals surface area contributed by atoms with Gasteiger partial charge in [0, 0.05) is 38.7 Å². The quantitative estimate of drug-likeness (QED) is 0.320. The van der Waals surface area contributed by atoms with Crippen molar-refractivity contribution in [2.75, 3.05) is 25.2 Å². The van der Waals surface area contributed by atoms with Crippen molar-refractivity contribution >= 4 is 46.0 Å². The van der Waals surface area contributed by atoms with E-state index in [-0.39, 0.29) is 12.1 Å². The number of thioether (sulfide) groups is 1. The zero-order valence-corrected chi connectivity index (χ0v) is 20.0. The third kappa shape index (κ3) is 4.16. The number of anilines is 1. The van der Waals surface area contributed by atoms with Crippen LogP contribution in [0.4, 0.5) is 10.5 Å². The summed E-state index contributed by atoms with van der Waals surface area (Å²) in [6.07, 6.45) is 2.77. The summed E-state index contributed by atoms with van der Waals surface area (Å²) in [7, 11) is 1.65. The van der Waals surface area contributed by atoms with Crippen LogP contribution in [0.1, 0.15) is 22.9 Å². The summed E-state index contributed by atoms with van der Waals surface area (Å²) < 4.78 is 5.34. The number of urea groups is 1. The van der Waals surface area contributed by atoms with Crippen LogP contribution < -0.4 is 10.1 Å².